The van der Waals surface area contributed by atoms with Gasteiger partial charge in [0.15, 0.2) is 11.2 Å². The number of carboxylic acid groups (broad SMARTS) is 2. The number of fused-ring (bicyclic) bond motifs is 1. The van der Waals surface area contributed by atoms with Crippen LogP contribution >= 0.6 is 0 Å². The van der Waals surface area contributed by atoms with Crippen LogP contribution in [0.2, 0.25) is 0 Å². The second-order valence-electron chi connectivity index (χ2n) is 7.07. The zero-order valence-electron chi connectivity index (χ0n) is 17.7. The molecule has 0 aliphatic rings. The highest BCUT2D eigenvalue weighted by molar-refractivity contribution is 5.97. The second kappa shape index (κ2) is 10.6. The van der Waals surface area contributed by atoms with Gasteiger partial charge in [0.2, 0.25) is 5.95 Å². The number of nitrogens with zero attached hydrogens (tertiary/aromatic N) is 6. The number of rotatable bonds is 10. The molecule has 0 aliphatic heterocycles. The van der Waals surface area contributed by atoms with Crippen molar-refractivity contribution in [1.29, 1.82) is 0 Å². The van der Waals surface area contributed by atoms with Gasteiger partial charge in [0.25, 0.3) is 11.5 Å². The van der Waals surface area contributed by atoms with E-state index in [1.807, 2.05) is 0 Å². The van der Waals surface area contributed by atoms with Gasteiger partial charge in [0.1, 0.15) is 12.1 Å². The monoisotopic (exact) mass is 482 g/mol. The summed E-state index contributed by atoms with van der Waals surface area (Å²) in [6, 6.07) is 2.69. The topological polar surface area (TPSA) is 262 Å². The first-order valence-corrected chi connectivity index (χ1v) is 9.84. The van der Waals surface area contributed by atoms with E-state index in [1.165, 1.54) is 18.3 Å². The molecule has 2 unspecified atom stereocenters. The predicted molar refractivity (Wildman–Crippen MR) is 120 cm³/mol. The lowest BCUT2D eigenvalue weighted by Crippen LogP contribution is -2.43. The molecular formula is C19H18N10O6. The van der Waals surface area contributed by atoms with E-state index >= 15 is 0 Å². The number of H-pyrrole nitrogens is 1. The maximum atomic E-state index is 12.4. The molecule has 0 saturated heterocycles. The van der Waals surface area contributed by atoms with E-state index < -0.39 is 41.9 Å². The number of carbonyl (C=O) groups is 3. The molecule has 16 nitrogen and oxygen atoms in total. The van der Waals surface area contributed by atoms with Gasteiger partial charge in [-0.1, -0.05) is 5.11 Å². The maximum Gasteiger partial charge on any atom is 0.326 e. The van der Waals surface area contributed by atoms with Crippen LogP contribution in [0.1, 0.15) is 22.5 Å². The molecule has 0 bridgehead atoms. The van der Waals surface area contributed by atoms with Crippen molar-refractivity contribution in [2.45, 2.75) is 25.0 Å². The Morgan fingerprint density at radius 2 is 1.89 bits per heavy atom. The van der Waals surface area contributed by atoms with Crippen molar-refractivity contribution in [3.8, 4) is 0 Å². The first kappa shape index (κ1) is 24.4. The van der Waals surface area contributed by atoms with Crippen molar-refractivity contribution in [2.75, 3.05) is 11.1 Å². The van der Waals surface area contributed by atoms with Gasteiger partial charge in [-0.05, 0) is 36.2 Å². The van der Waals surface area contributed by atoms with Crippen molar-refractivity contribution >= 4 is 40.6 Å². The normalized spacial score (nSPS) is 12.2. The molecule has 1 amide bonds. The first-order chi connectivity index (χ1) is 16.7. The Kier molecular flexibility index (Phi) is 7.38. The number of azide groups is 1. The number of aromatic nitrogens is 4. The summed E-state index contributed by atoms with van der Waals surface area (Å²) in [6.07, 6.45) is 0.799. The summed E-state index contributed by atoms with van der Waals surface area (Å²) in [5.41, 5.74) is 14.7. The Labute approximate surface area is 194 Å². The number of amides is 1. The largest absolute Gasteiger partial charge is 0.481 e. The van der Waals surface area contributed by atoms with Crippen LogP contribution in [0, 0.1) is 0 Å². The third-order valence-corrected chi connectivity index (χ3v) is 4.65. The van der Waals surface area contributed by atoms with Gasteiger partial charge in [-0.2, -0.15) is 4.98 Å². The molecular weight excluding hydrogens is 464 g/mol. The van der Waals surface area contributed by atoms with E-state index in [0.717, 1.165) is 0 Å². The summed E-state index contributed by atoms with van der Waals surface area (Å²) < 4.78 is 0. The van der Waals surface area contributed by atoms with E-state index in [2.05, 4.69) is 40.6 Å². The number of nitrogens with two attached hydrogens (primary N) is 1. The van der Waals surface area contributed by atoms with Gasteiger partial charge in [0.05, 0.1) is 18.4 Å². The molecule has 3 rings (SSSR count). The lowest BCUT2D eigenvalue weighted by Gasteiger charge is -2.16. The highest BCUT2D eigenvalue weighted by Gasteiger charge is 2.28. The number of hydrogen-bond acceptors (Lipinski definition) is 10. The molecule has 7 N–H and O–H groups in total. The molecule has 35 heavy (non-hydrogen) atoms. The van der Waals surface area contributed by atoms with Crippen molar-refractivity contribution in [3.05, 3.63) is 62.5 Å². The van der Waals surface area contributed by atoms with E-state index in [0.29, 0.717) is 11.4 Å². The molecule has 2 heterocycles. The SMILES string of the molecule is [N-]=[N+]=NC(CC(NC(=O)c1ccc(NCc2cnc3nc(N)[nH]c(=O)c3n2)cc1)C(=O)O)C(=O)O. The Bertz CT molecular complexity index is 1380. The lowest BCUT2D eigenvalue weighted by atomic mass is 10.1. The summed E-state index contributed by atoms with van der Waals surface area (Å²) in [4.78, 5) is 63.8. The summed E-state index contributed by atoms with van der Waals surface area (Å²) in [5, 5.41) is 26.6. The summed E-state index contributed by atoms with van der Waals surface area (Å²) >= 11 is 0. The average molecular weight is 482 g/mol. The fraction of sp³-hybridized carbons (Fsp3) is 0.211. The van der Waals surface area contributed by atoms with Crippen LogP contribution in [0.5, 0.6) is 0 Å². The van der Waals surface area contributed by atoms with Crippen molar-refractivity contribution in [1.82, 2.24) is 25.3 Å². The maximum absolute atomic E-state index is 12.4. The minimum Gasteiger partial charge on any atom is -0.481 e. The van der Waals surface area contributed by atoms with Crippen molar-refractivity contribution in [2.24, 2.45) is 5.11 Å². The second-order valence-corrected chi connectivity index (χ2v) is 7.07. The molecule has 3 aromatic rings. The van der Waals surface area contributed by atoms with Gasteiger partial charge in [-0.15, -0.1) is 0 Å². The van der Waals surface area contributed by atoms with Crippen LogP contribution in [-0.4, -0.2) is 60.1 Å². The zero-order chi connectivity index (χ0) is 25.5. The van der Waals surface area contributed by atoms with Crippen LogP contribution in [0.25, 0.3) is 21.6 Å². The van der Waals surface area contributed by atoms with Gasteiger partial charge in [-0.25, -0.2) is 14.8 Å². The molecule has 1 aromatic carbocycles. The van der Waals surface area contributed by atoms with Crippen molar-refractivity contribution < 1.29 is 24.6 Å². The van der Waals surface area contributed by atoms with E-state index in [9.17, 15) is 24.3 Å². The number of carbonyl (C=O) groups excluding carboxylic acids is 1. The number of nitrogens with one attached hydrogen (secondary N) is 3. The molecule has 180 valence electrons. The number of hydrogen-bond donors (Lipinski definition) is 6. The number of aliphatic carboxylic acids is 2. The van der Waals surface area contributed by atoms with Gasteiger partial charge in [0, 0.05) is 16.2 Å². The predicted octanol–water partition coefficient (Wildman–Crippen LogP) is 0.244. The molecule has 2 aromatic heterocycles. The van der Waals surface area contributed by atoms with Crippen LogP contribution in [0.4, 0.5) is 11.6 Å². The van der Waals surface area contributed by atoms with E-state index in [-0.39, 0.29) is 29.2 Å². The van der Waals surface area contributed by atoms with Gasteiger partial charge in [-0.3, -0.25) is 19.4 Å². The first-order valence-electron chi connectivity index (χ1n) is 9.84. The Morgan fingerprint density at radius 1 is 1.17 bits per heavy atom. The minimum atomic E-state index is -1.66. The number of benzene rings is 1. The third kappa shape index (κ3) is 6.17. The molecule has 0 spiro atoms. The van der Waals surface area contributed by atoms with Crippen LogP contribution < -0.4 is 21.9 Å². The highest BCUT2D eigenvalue weighted by atomic mass is 16.4. The molecule has 0 radical (unpaired) electrons. The smallest absolute Gasteiger partial charge is 0.326 e. The lowest BCUT2D eigenvalue weighted by molar-refractivity contribution is -0.141. The van der Waals surface area contributed by atoms with Crippen LogP contribution in [-0.2, 0) is 16.1 Å². The Morgan fingerprint density at radius 3 is 2.51 bits per heavy atom. The van der Waals surface area contributed by atoms with Crippen LogP contribution in [0.3, 0.4) is 0 Å². The Balaban J connectivity index is 1.64. The summed E-state index contributed by atoms with van der Waals surface area (Å²) in [5.74, 6) is -3.83. The standard InChI is InChI=1S/C19H18N10O6/c20-19-26-14-13(16(31)27-19)24-10(7-23-14)6-22-9-3-1-8(2-4-9)15(30)25-11(17(32)33)5-12(18(34)35)28-29-21/h1-4,7,11-12,22H,5-6H2,(H,25,30)(H,32,33)(H,34,35)(H3,20,23,26,27,31). The zero-order valence-corrected chi connectivity index (χ0v) is 17.7. The van der Waals surface area contributed by atoms with Gasteiger partial charge >= 0.3 is 11.9 Å². The highest BCUT2D eigenvalue weighted by Crippen LogP contribution is 2.13. The molecule has 16 heteroatoms. The third-order valence-electron chi connectivity index (χ3n) is 4.65. The van der Waals surface area contributed by atoms with Crippen LogP contribution in [0.15, 0.2) is 40.4 Å². The molecule has 0 fully saturated rings. The van der Waals surface area contributed by atoms with E-state index in [4.69, 9.17) is 16.4 Å². The number of nitrogen functional groups attached to an aromatic ring is 1. The number of aromatic amines is 1. The molecule has 0 aliphatic carbocycles. The van der Waals surface area contributed by atoms with E-state index in [1.54, 1.807) is 12.1 Å². The summed E-state index contributed by atoms with van der Waals surface area (Å²) in [7, 11) is 0. The number of carboxylic acids is 2. The van der Waals surface area contributed by atoms with Crippen molar-refractivity contribution in [3.63, 3.8) is 0 Å². The average Bonchev–Trinajstić information content (AvgIpc) is 2.82. The fourth-order valence-electron chi connectivity index (χ4n) is 2.93. The Hall–Kier alpha value is -5.24. The quantitative estimate of drug-likeness (QED) is 0.129. The fourth-order valence-corrected chi connectivity index (χ4v) is 2.93. The summed E-state index contributed by atoms with van der Waals surface area (Å²) in [6.45, 7) is 0.190. The number of anilines is 2. The molecule has 0 saturated carbocycles. The minimum absolute atomic E-state index is 0.0316. The van der Waals surface area contributed by atoms with Gasteiger partial charge < -0.3 is 26.6 Å². The molecule has 2 atom stereocenters.